The van der Waals surface area contributed by atoms with Crippen molar-refractivity contribution in [1.29, 1.82) is 0 Å². The molecule has 3 N–H and O–H groups in total. The molecule has 0 amide bonds. The first-order valence-corrected chi connectivity index (χ1v) is 9.11. The van der Waals surface area contributed by atoms with E-state index in [1.807, 2.05) is 4.90 Å². The van der Waals surface area contributed by atoms with Crippen LogP contribution in [0.4, 0.5) is 14.6 Å². The summed E-state index contributed by atoms with van der Waals surface area (Å²) in [6, 6.07) is 4.44. The van der Waals surface area contributed by atoms with Crippen LogP contribution in [0.5, 0.6) is 0 Å². The van der Waals surface area contributed by atoms with Crippen molar-refractivity contribution in [2.75, 3.05) is 18.0 Å². The Hall–Kier alpha value is -2.61. The maximum Gasteiger partial charge on any atom is 0.168 e. The lowest BCUT2D eigenvalue weighted by Gasteiger charge is -2.24. The standard InChI is InChI=1S/C19H22F2N6/c1-10(2)15(22)11-5-7-27(9-11)19-14(21)8-13(20)17(24-19)16-12-4-3-6-23-18(12)26-25-16/h3-4,6,8,10-11,15H,5,7,9,22H2,1-2H3,(H,23,25,26). The van der Waals surface area contributed by atoms with Crippen molar-refractivity contribution in [3.05, 3.63) is 36.0 Å². The summed E-state index contributed by atoms with van der Waals surface area (Å²) in [5.41, 5.74) is 7.14. The number of nitrogens with one attached hydrogen (secondary N) is 1. The Kier molecular flexibility index (Phi) is 4.51. The van der Waals surface area contributed by atoms with Gasteiger partial charge in [0.15, 0.2) is 23.1 Å². The number of nitrogens with zero attached hydrogens (tertiary/aromatic N) is 4. The first-order chi connectivity index (χ1) is 13.0. The van der Waals surface area contributed by atoms with E-state index < -0.39 is 11.6 Å². The van der Waals surface area contributed by atoms with Crippen LogP contribution < -0.4 is 10.6 Å². The molecule has 0 radical (unpaired) electrons. The second-order valence-corrected chi connectivity index (χ2v) is 7.41. The average molecular weight is 372 g/mol. The minimum Gasteiger partial charge on any atom is -0.354 e. The van der Waals surface area contributed by atoms with Crippen molar-refractivity contribution in [3.63, 3.8) is 0 Å². The van der Waals surface area contributed by atoms with Gasteiger partial charge in [-0.25, -0.2) is 18.7 Å². The topological polar surface area (TPSA) is 83.7 Å². The molecule has 0 aromatic carbocycles. The average Bonchev–Trinajstić information content (AvgIpc) is 3.28. The number of hydrogen-bond donors (Lipinski definition) is 2. The molecule has 0 aliphatic carbocycles. The number of hydrogen-bond acceptors (Lipinski definition) is 5. The first kappa shape index (κ1) is 17.8. The monoisotopic (exact) mass is 372 g/mol. The van der Waals surface area contributed by atoms with Gasteiger partial charge in [-0.1, -0.05) is 13.8 Å². The number of nitrogens with two attached hydrogens (primary N) is 1. The lowest BCUT2D eigenvalue weighted by molar-refractivity contribution is 0.365. The van der Waals surface area contributed by atoms with Crippen molar-refractivity contribution in [3.8, 4) is 11.4 Å². The van der Waals surface area contributed by atoms with E-state index in [0.29, 0.717) is 35.7 Å². The van der Waals surface area contributed by atoms with Crippen molar-refractivity contribution >= 4 is 16.9 Å². The molecule has 2 atom stereocenters. The van der Waals surface area contributed by atoms with Gasteiger partial charge in [-0.15, -0.1) is 0 Å². The summed E-state index contributed by atoms with van der Waals surface area (Å²) >= 11 is 0. The Balaban J connectivity index is 1.71. The zero-order valence-corrected chi connectivity index (χ0v) is 15.3. The predicted octanol–water partition coefficient (Wildman–Crippen LogP) is 3.11. The Morgan fingerprint density at radius 2 is 2.07 bits per heavy atom. The normalized spacial score (nSPS) is 18.6. The van der Waals surface area contributed by atoms with E-state index in [-0.39, 0.29) is 23.5 Å². The molecule has 8 heteroatoms. The molecule has 0 spiro atoms. The third-order valence-electron chi connectivity index (χ3n) is 5.31. The second-order valence-electron chi connectivity index (χ2n) is 7.41. The van der Waals surface area contributed by atoms with Crippen LogP contribution in [0.15, 0.2) is 24.4 Å². The molecular weight excluding hydrogens is 350 g/mol. The minimum atomic E-state index is -0.747. The number of H-pyrrole nitrogens is 1. The fraction of sp³-hybridized carbons (Fsp3) is 0.421. The number of aromatic amines is 1. The van der Waals surface area contributed by atoms with Crippen LogP contribution in [0.25, 0.3) is 22.4 Å². The smallest absolute Gasteiger partial charge is 0.168 e. The van der Waals surface area contributed by atoms with Crippen molar-refractivity contribution in [1.82, 2.24) is 20.2 Å². The van der Waals surface area contributed by atoms with Crippen molar-refractivity contribution in [2.45, 2.75) is 26.3 Å². The summed E-state index contributed by atoms with van der Waals surface area (Å²) in [5.74, 6) is -0.671. The molecule has 1 saturated heterocycles. The highest BCUT2D eigenvalue weighted by molar-refractivity contribution is 5.89. The van der Waals surface area contributed by atoms with Crippen LogP contribution in [0.1, 0.15) is 20.3 Å². The van der Waals surface area contributed by atoms with Gasteiger partial charge in [0.05, 0.1) is 0 Å². The summed E-state index contributed by atoms with van der Waals surface area (Å²) in [7, 11) is 0. The number of pyridine rings is 2. The number of rotatable bonds is 4. The Morgan fingerprint density at radius 1 is 1.26 bits per heavy atom. The minimum absolute atomic E-state index is 0.0160. The Bertz CT molecular complexity index is 970. The summed E-state index contributed by atoms with van der Waals surface area (Å²) in [6.45, 7) is 5.41. The zero-order valence-electron chi connectivity index (χ0n) is 15.3. The molecule has 142 valence electrons. The van der Waals surface area contributed by atoms with E-state index in [9.17, 15) is 8.78 Å². The molecule has 0 bridgehead atoms. The van der Waals surface area contributed by atoms with Gasteiger partial charge in [0.1, 0.15) is 11.4 Å². The summed E-state index contributed by atoms with van der Waals surface area (Å²) in [5, 5.41) is 7.54. The van der Waals surface area contributed by atoms with Crippen molar-refractivity contribution < 1.29 is 8.78 Å². The van der Waals surface area contributed by atoms with Crippen LogP contribution >= 0.6 is 0 Å². The number of anilines is 1. The Labute approximate surface area is 155 Å². The van der Waals surface area contributed by atoms with Crippen LogP contribution in [0.3, 0.4) is 0 Å². The maximum absolute atomic E-state index is 14.5. The lowest BCUT2D eigenvalue weighted by atomic mass is 9.91. The van der Waals surface area contributed by atoms with Gasteiger partial charge in [0, 0.05) is 36.8 Å². The van der Waals surface area contributed by atoms with Gasteiger partial charge in [-0.3, -0.25) is 5.10 Å². The first-order valence-electron chi connectivity index (χ1n) is 9.11. The SMILES string of the molecule is CC(C)C(N)C1CCN(c2nc(-c3n[nH]c4ncccc34)c(F)cc2F)C1. The molecule has 6 nitrogen and oxygen atoms in total. The number of halogens is 2. The molecule has 27 heavy (non-hydrogen) atoms. The zero-order chi connectivity index (χ0) is 19.1. The summed E-state index contributed by atoms with van der Waals surface area (Å²) in [6.07, 6.45) is 2.48. The van der Waals surface area contributed by atoms with Crippen LogP contribution in [0.2, 0.25) is 0 Å². The van der Waals surface area contributed by atoms with Crippen molar-refractivity contribution in [2.24, 2.45) is 17.6 Å². The van der Waals surface area contributed by atoms with Crippen LogP contribution in [0, 0.1) is 23.5 Å². The molecule has 2 unspecified atom stereocenters. The number of fused-ring (bicyclic) bond motifs is 1. The largest absolute Gasteiger partial charge is 0.354 e. The van der Waals surface area contributed by atoms with Gasteiger partial charge in [0.2, 0.25) is 0 Å². The number of aromatic nitrogens is 4. The molecule has 1 fully saturated rings. The third kappa shape index (κ3) is 3.14. The van der Waals surface area contributed by atoms with Gasteiger partial charge in [0.25, 0.3) is 0 Å². The molecule has 3 aromatic rings. The maximum atomic E-state index is 14.5. The third-order valence-corrected chi connectivity index (χ3v) is 5.31. The van der Waals surface area contributed by atoms with Gasteiger partial charge in [-0.2, -0.15) is 5.10 Å². The van der Waals surface area contributed by atoms with Gasteiger partial charge in [-0.05, 0) is 30.4 Å². The summed E-state index contributed by atoms with van der Waals surface area (Å²) in [4.78, 5) is 10.3. The van der Waals surface area contributed by atoms with E-state index in [1.54, 1.807) is 18.3 Å². The van der Waals surface area contributed by atoms with E-state index in [1.165, 1.54) is 0 Å². The predicted molar refractivity (Wildman–Crippen MR) is 100 cm³/mol. The van der Waals surface area contributed by atoms with E-state index in [2.05, 4.69) is 34.0 Å². The fourth-order valence-corrected chi connectivity index (χ4v) is 3.72. The fourth-order valence-electron chi connectivity index (χ4n) is 3.72. The van der Waals surface area contributed by atoms with E-state index in [4.69, 9.17) is 5.73 Å². The Morgan fingerprint density at radius 3 is 2.85 bits per heavy atom. The molecular formula is C19H22F2N6. The van der Waals surface area contributed by atoms with Gasteiger partial charge >= 0.3 is 0 Å². The molecule has 4 rings (SSSR count). The van der Waals surface area contributed by atoms with Crippen LogP contribution in [-0.4, -0.2) is 39.3 Å². The highest BCUT2D eigenvalue weighted by atomic mass is 19.1. The van der Waals surface area contributed by atoms with E-state index >= 15 is 0 Å². The quantitative estimate of drug-likeness (QED) is 0.735. The molecule has 1 aliphatic rings. The molecule has 3 aromatic heterocycles. The molecule has 0 saturated carbocycles. The highest BCUT2D eigenvalue weighted by Crippen LogP contribution is 2.32. The highest BCUT2D eigenvalue weighted by Gasteiger charge is 2.31. The van der Waals surface area contributed by atoms with E-state index in [0.717, 1.165) is 12.5 Å². The lowest BCUT2D eigenvalue weighted by Crippen LogP contribution is -2.37. The second kappa shape index (κ2) is 6.84. The molecule has 4 heterocycles. The van der Waals surface area contributed by atoms with Crippen LogP contribution in [-0.2, 0) is 0 Å². The molecule has 1 aliphatic heterocycles. The van der Waals surface area contributed by atoms with Gasteiger partial charge < -0.3 is 10.6 Å². The summed E-state index contributed by atoms with van der Waals surface area (Å²) < 4.78 is 29.0.